The van der Waals surface area contributed by atoms with Crippen molar-refractivity contribution in [1.82, 2.24) is 0 Å². The number of allylic oxidation sites excluding steroid dienone is 1. The molecule has 0 aliphatic heterocycles. The van der Waals surface area contributed by atoms with Gasteiger partial charge in [0.15, 0.2) is 0 Å². The molecule has 17 heavy (non-hydrogen) atoms. The molecule has 1 atom stereocenters. The van der Waals surface area contributed by atoms with Gasteiger partial charge in [-0.2, -0.15) is 11.6 Å². The van der Waals surface area contributed by atoms with E-state index < -0.39 is 0 Å². The first-order valence-electron chi connectivity index (χ1n) is 4.98. The summed E-state index contributed by atoms with van der Waals surface area (Å²) in [4.78, 5) is 0. The Labute approximate surface area is 133 Å². The van der Waals surface area contributed by atoms with Crippen molar-refractivity contribution in [3.63, 3.8) is 0 Å². The second-order valence-corrected chi connectivity index (χ2v) is 3.85. The maximum atomic E-state index is 3.37. The van der Waals surface area contributed by atoms with E-state index in [9.17, 15) is 0 Å². The van der Waals surface area contributed by atoms with Gasteiger partial charge in [0.2, 0.25) is 0 Å². The molecular weight excluding hydrogens is 330 g/mol. The van der Waals surface area contributed by atoms with Crippen LogP contribution in [0.4, 0.5) is 0 Å². The van der Waals surface area contributed by atoms with Gasteiger partial charge < -0.3 is 24.8 Å². The first kappa shape index (κ1) is 16.9. The predicted octanol–water partition coefficient (Wildman–Crippen LogP) is -2.33. The maximum absolute atomic E-state index is 3.37. The summed E-state index contributed by atoms with van der Waals surface area (Å²) in [6.45, 7) is 2.22. The summed E-state index contributed by atoms with van der Waals surface area (Å²) in [5.74, 6) is 0.523. The Morgan fingerprint density at radius 1 is 1.00 bits per heavy atom. The molecule has 0 aromatic heterocycles. The molecule has 85 valence electrons. The van der Waals surface area contributed by atoms with Crippen LogP contribution in [0.25, 0.3) is 10.8 Å². The number of hydrogen-bond acceptors (Lipinski definition) is 0. The zero-order valence-electron chi connectivity index (χ0n) is 9.37. The van der Waals surface area contributed by atoms with Crippen LogP contribution in [0.1, 0.15) is 24.0 Å². The molecule has 0 bridgehead atoms. The summed E-state index contributed by atoms with van der Waals surface area (Å²) >= 11 is 0. The molecule has 0 spiro atoms. The molecule has 0 N–H and O–H groups in total. The Balaban J connectivity index is 0.000000853. The third-order valence-corrected chi connectivity index (χ3v) is 2.93. The standard InChI is InChI=1S/C14H11.2ClH.Zr/c1-10-6-8-14-12(10)9-7-11-4-2-3-5-13(11)14;;;/h2-7,9-10H,1H3;2*1H;/q-1;;;+3/p-2. The van der Waals surface area contributed by atoms with Crippen molar-refractivity contribution in [1.29, 1.82) is 0 Å². The van der Waals surface area contributed by atoms with E-state index in [0.717, 1.165) is 0 Å². The summed E-state index contributed by atoms with van der Waals surface area (Å²) in [7, 11) is 0. The fourth-order valence-corrected chi connectivity index (χ4v) is 2.13. The Kier molecular flexibility index (Phi) is 6.70. The Hall–Kier alpha value is -0.0969. The van der Waals surface area contributed by atoms with Gasteiger partial charge in [0.25, 0.3) is 0 Å². The number of halogens is 2. The normalized spacial score (nSPS) is 15.5. The number of benzene rings is 2. The van der Waals surface area contributed by atoms with Gasteiger partial charge >= 0.3 is 26.2 Å². The Bertz CT molecular complexity index is 535. The molecule has 2 aromatic rings. The minimum absolute atomic E-state index is 0. The molecule has 0 nitrogen and oxygen atoms in total. The van der Waals surface area contributed by atoms with E-state index in [1.807, 2.05) is 0 Å². The second kappa shape index (κ2) is 6.73. The van der Waals surface area contributed by atoms with Crippen LogP contribution < -0.4 is 24.8 Å². The molecule has 0 saturated heterocycles. The van der Waals surface area contributed by atoms with E-state index in [-0.39, 0.29) is 51.0 Å². The summed E-state index contributed by atoms with van der Waals surface area (Å²) in [5.41, 5.74) is 2.69. The molecule has 3 rings (SSSR count). The maximum Gasteiger partial charge on any atom is 3.00 e. The third kappa shape index (κ3) is 2.84. The number of fused-ring (bicyclic) bond motifs is 3. The van der Waals surface area contributed by atoms with E-state index in [1.54, 1.807) is 0 Å². The van der Waals surface area contributed by atoms with E-state index in [1.165, 1.54) is 21.9 Å². The van der Waals surface area contributed by atoms with Crippen LogP contribution in [0, 0.1) is 6.08 Å². The topological polar surface area (TPSA) is 0 Å². The first-order valence-corrected chi connectivity index (χ1v) is 4.98. The van der Waals surface area contributed by atoms with Crippen molar-refractivity contribution in [2.45, 2.75) is 12.8 Å². The molecule has 1 unspecified atom stereocenters. The SMILES string of the molecule is CC1C=[C-]c2c1ccc1ccccc21.[Cl-].[Cl-].[Zr+3]. The van der Waals surface area contributed by atoms with Crippen LogP contribution in [0.5, 0.6) is 0 Å². The van der Waals surface area contributed by atoms with Crippen molar-refractivity contribution >= 4 is 10.8 Å². The van der Waals surface area contributed by atoms with Gasteiger partial charge in [-0.25, -0.2) is 0 Å². The fourth-order valence-electron chi connectivity index (χ4n) is 2.13. The smallest absolute Gasteiger partial charge is 1.00 e. The Morgan fingerprint density at radius 2 is 1.71 bits per heavy atom. The van der Waals surface area contributed by atoms with Crippen LogP contribution in [0.2, 0.25) is 0 Å². The van der Waals surface area contributed by atoms with Gasteiger partial charge in [-0.1, -0.05) is 42.5 Å². The van der Waals surface area contributed by atoms with E-state index in [4.69, 9.17) is 0 Å². The largest absolute Gasteiger partial charge is 3.00 e. The summed E-state index contributed by atoms with van der Waals surface area (Å²) in [6, 6.07) is 12.9. The van der Waals surface area contributed by atoms with Crippen LogP contribution in [0.15, 0.2) is 42.5 Å². The average Bonchev–Trinajstić information content (AvgIpc) is 2.61. The van der Waals surface area contributed by atoms with E-state index in [0.29, 0.717) is 5.92 Å². The molecule has 1 aliphatic rings. The first-order chi connectivity index (χ1) is 6.86. The summed E-state index contributed by atoms with van der Waals surface area (Å²) in [5, 5.41) is 2.63. The molecular formula is C14H11Cl2Zr. The van der Waals surface area contributed by atoms with Gasteiger partial charge in [-0.3, -0.25) is 0 Å². The van der Waals surface area contributed by atoms with Gasteiger partial charge in [-0.15, -0.1) is 29.2 Å². The van der Waals surface area contributed by atoms with Crippen molar-refractivity contribution < 1.29 is 51.0 Å². The van der Waals surface area contributed by atoms with E-state index >= 15 is 0 Å². The van der Waals surface area contributed by atoms with Crippen molar-refractivity contribution in [3.05, 3.63) is 59.7 Å². The molecule has 2 aromatic carbocycles. The predicted molar refractivity (Wildman–Crippen MR) is 59.3 cm³/mol. The molecule has 0 saturated carbocycles. The molecule has 0 amide bonds. The Morgan fingerprint density at radius 3 is 2.47 bits per heavy atom. The number of hydrogen-bond donors (Lipinski definition) is 0. The zero-order valence-corrected chi connectivity index (χ0v) is 13.3. The van der Waals surface area contributed by atoms with Gasteiger partial charge in [0.1, 0.15) is 0 Å². The molecule has 0 heterocycles. The zero-order chi connectivity index (χ0) is 9.54. The van der Waals surface area contributed by atoms with Crippen LogP contribution in [-0.2, 0) is 26.2 Å². The minimum atomic E-state index is 0. The van der Waals surface area contributed by atoms with Gasteiger partial charge in [0, 0.05) is 0 Å². The van der Waals surface area contributed by atoms with Crippen LogP contribution in [-0.4, -0.2) is 0 Å². The minimum Gasteiger partial charge on any atom is -1.00 e. The van der Waals surface area contributed by atoms with Gasteiger partial charge in [0.05, 0.1) is 0 Å². The third-order valence-electron chi connectivity index (χ3n) is 2.93. The quantitative estimate of drug-likeness (QED) is 0.472. The second-order valence-electron chi connectivity index (χ2n) is 3.85. The fraction of sp³-hybridized carbons (Fsp3) is 0.143. The molecule has 0 fully saturated rings. The van der Waals surface area contributed by atoms with E-state index in [2.05, 4.69) is 55.5 Å². The summed E-state index contributed by atoms with van der Waals surface area (Å²) < 4.78 is 0. The van der Waals surface area contributed by atoms with Crippen LogP contribution >= 0.6 is 0 Å². The number of rotatable bonds is 0. The molecule has 3 heteroatoms. The van der Waals surface area contributed by atoms with Crippen molar-refractivity contribution in [3.8, 4) is 0 Å². The van der Waals surface area contributed by atoms with Crippen molar-refractivity contribution in [2.24, 2.45) is 0 Å². The van der Waals surface area contributed by atoms with Crippen LogP contribution in [0.3, 0.4) is 0 Å². The van der Waals surface area contributed by atoms with Gasteiger partial charge in [-0.05, 0) is 0 Å². The summed E-state index contributed by atoms with van der Waals surface area (Å²) in [6.07, 6.45) is 5.52. The average molecular weight is 341 g/mol. The monoisotopic (exact) mass is 339 g/mol. The van der Waals surface area contributed by atoms with Crippen molar-refractivity contribution in [2.75, 3.05) is 0 Å². The molecule has 1 radical (unpaired) electrons. The molecule has 1 aliphatic carbocycles.